The van der Waals surface area contributed by atoms with Crippen LogP contribution in [0.25, 0.3) is 11.1 Å². The number of ketones is 1. The molecule has 0 spiro atoms. The van der Waals surface area contributed by atoms with Gasteiger partial charge >= 0.3 is 0 Å². The van der Waals surface area contributed by atoms with Crippen molar-refractivity contribution in [3.8, 4) is 16.9 Å². The van der Waals surface area contributed by atoms with Crippen LogP contribution in [0.4, 0.5) is 0 Å². The molecule has 3 heteroatoms. The molecule has 1 N–H and O–H groups in total. The summed E-state index contributed by atoms with van der Waals surface area (Å²) >= 11 is 5.51. The Morgan fingerprint density at radius 3 is 2.47 bits per heavy atom. The van der Waals surface area contributed by atoms with Gasteiger partial charge in [0.05, 0.1) is 5.88 Å². The van der Waals surface area contributed by atoms with Crippen molar-refractivity contribution in [2.45, 2.75) is 0 Å². The number of Topliss-reactive ketones (excluding diaryl/α,β-unsaturated/α-hetero) is 1. The van der Waals surface area contributed by atoms with Gasteiger partial charge in [-0.2, -0.15) is 0 Å². The largest absolute Gasteiger partial charge is 0.507 e. The van der Waals surface area contributed by atoms with Crippen LogP contribution in [-0.4, -0.2) is 16.8 Å². The van der Waals surface area contributed by atoms with Crippen LogP contribution in [0.1, 0.15) is 10.4 Å². The minimum Gasteiger partial charge on any atom is -0.507 e. The van der Waals surface area contributed by atoms with Crippen LogP contribution in [0.5, 0.6) is 5.75 Å². The third-order valence-corrected chi connectivity index (χ3v) is 2.77. The van der Waals surface area contributed by atoms with Gasteiger partial charge in [0.1, 0.15) is 5.75 Å². The fraction of sp³-hybridized carbons (Fsp3) is 0.0714. The maximum Gasteiger partial charge on any atom is 0.177 e. The zero-order valence-corrected chi connectivity index (χ0v) is 9.82. The molecule has 2 aromatic rings. The van der Waals surface area contributed by atoms with E-state index in [-0.39, 0.29) is 17.4 Å². The Bertz CT molecular complexity index is 535. The summed E-state index contributed by atoms with van der Waals surface area (Å²) in [7, 11) is 0. The first kappa shape index (κ1) is 11.7. The molecule has 0 saturated carbocycles. The number of carbonyl (C=O) groups excluding carboxylic acids is 1. The van der Waals surface area contributed by atoms with E-state index < -0.39 is 0 Å². The van der Waals surface area contributed by atoms with Gasteiger partial charge in [-0.1, -0.05) is 30.3 Å². The fourth-order valence-corrected chi connectivity index (χ4v) is 1.79. The lowest BCUT2D eigenvalue weighted by Crippen LogP contribution is -2.00. The first-order chi connectivity index (χ1) is 8.22. The average molecular weight is 247 g/mol. The summed E-state index contributed by atoms with van der Waals surface area (Å²) in [5.41, 5.74) is 2.02. The van der Waals surface area contributed by atoms with Crippen molar-refractivity contribution in [3.05, 3.63) is 54.1 Å². The molecule has 0 saturated heterocycles. The van der Waals surface area contributed by atoms with E-state index in [1.54, 1.807) is 12.1 Å². The maximum atomic E-state index is 11.5. The highest BCUT2D eigenvalue weighted by Gasteiger charge is 2.09. The molecular weight excluding hydrogens is 236 g/mol. The number of benzene rings is 2. The first-order valence-corrected chi connectivity index (χ1v) is 5.73. The van der Waals surface area contributed by atoms with E-state index in [9.17, 15) is 9.90 Å². The molecule has 17 heavy (non-hydrogen) atoms. The van der Waals surface area contributed by atoms with Crippen molar-refractivity contribution in [1.29, 1.82) is 0 Å². The number of phenolic OH excluding ortho intramolecular Hbond substituents is 1. The minimum atomic E-state index is -0.149. The molecule has 0 radical (unpaired) electrons. The minimum absolute atomic E-state index is 0.0565. The van der Waals surface area contributed by atoms with Gasteiger partial charge in [0.2, 0.25) is 0 Å². The van der Waals surface area contributed by atoms with Gasteiger partial charge in [-0.15, -0.1) is 11.6 Å². The molecule has 0 aliphatic rings. The summed E-state index contributed by atoms with van der Waals surface area (Å²) in [6.07, 6.45) is 0. The van der Waals surface area contributed by atoms with E-state index in [1.165, 1.54) is 6.07 Å². The number of halogens is 1. The zero-order valence-electron chi connectivity index (χ0n) is 9.06. The molecule has 0 unspecified atom stereocenters. The second-order valence-electron chi connectivity index (χ2n) is 3.65. The molecule has 0 atom stereocenters. The summed E-state index contributed by atoms with van der Waals surface area (Å²) in [4.78, 5) is 11.5. The second-order valence-corrected chi connectivity index (χ2v) is 3.92. The predicted octanol–water partition coefficient (Wildman–Crippen LogP) is 3.48. The summed E-state index contributed by atoms with van der Waals surface area (Å²) in [6.45, 7) is 0. The van der Waals surface area contributed by atoms with Gasteiger partial charge in [-0.25, -0.2) is 0 Å². The number of phenols is 1. The smallest absolute Gasteiger partial charge is 0.177 e. The Kier molecular flexibility index (Phi) is 3.45. The number of hydrogen-bond acceptors (Lipinski definition) is 2. The van der Waals surface area contributed by atoms with Gasteiger partial charge in [0.15, 0.2) is 5.78 Å². The molecule has 0 amide bonds. The molecule has 0 heterocycles. The van der Waals surface area contributed by atoms with E-state index in [1.807, 2.05) is 30.3 Å². The molecule has 86 valence electrons. The van der Waals surface area contributed by atoms with Gasteiger partial charge < -0.3 is 5.11 Å². The topological polar surface area (TPSA) is 37.3 Å². The number of aromatic hydroxyl groups is 1. The van der Waals surface area contributed by atoms with E-state index in [4.69, 9.17) is 11.6 Å². The zero-order chi connectivity index (χ0) is 12.3. The quantitative estimate of drug-likeness (QED) is 0.665. The summed E-state index contributed by atoms with van der Waals surface area (Å²) in [6, 6.07) is 14.2. The molecule has 0 fully saturated rings. The van der Waals surface area contributed by atoms with Gasteiger partial charge in [-0.3, -0.25) is 4.79 Å². The highest BCUT2D eigenvalue weighted by Crippen LogP contribution is 2.29. The van der Waals surface area contributed by atoms with Crippen molar-refractivity contribution in [2.75, 3.05) is 5.88 Å². The Labute approximate surface area is 104 Å². The number of alkyl halides is 1. The standard InChI is InChI=1S/C14H11ClO2/c15-9-14(17)11-6-7-13(16)12(8-11)10-4-2-1-3-5-10/h1-8,16H,9H2. The molecule has 2 nitrogen and oxygen atoms in total. The van der Waals surface area contributed by atoms with Crippen molar-refractivity contribution < 1.29 is 9.90 Å². The van der Waals surface area contributed by atoms with Crippen molar-refractivity contribution in [3.63, 3.8) is 0 Å². The monoisotopic (exact) mass is 246 g/mol. The van der Waals surface area contributed by atoms with Crippen molar-refractivity contribution in [2.24, 2.45) is 0 Å². The molecule has 2 aromatic carbocycles. The number of rotatable bonds is 3. The van der Waals surface area contributed by atoms with Crippen molar-refractivity contribution in [1.82, 2.24) is 0 Å². The van der Waals surface area contributed by atoms with Crippen LogP contribution in [0, 0.1) is 0 Å². The highest BCUT2D eigenvalue weighted by molar-refractivity contribution is 6.30. The van der Waals surface area contributed by atoms with E-state index >= 15 is 0 Å². The second kappa shape index (κ2) is 5.02. The lowest BCUT2D eigenvalue weighted by molar-refractivity contribution is 0.102. The SMILES string of the molecule is O=C(CCl)c1ccc(O)c(-c2ccccc2)c1. The van der Waals surface area contributed by atoms with Crippen LogP contribution < -0.4 is 0 Å². The number of hydrogen-bond donors (Lipinski definition) is 1. The normalized spacial score (nSPS) is 10.2. The Morgan fingerprint density at radius 2 is 1.82 bits per heavy atom. The molecule has 0 aliphatic heterocycles. The highest BCUT2D eigenvalue weighted by atomic mass is 35.5. The van der Waals surface area contributed by atoms with E-state index in [0.29, 0.717) is 11.1 Å². The Balaban J connectivity index is 2.50. The molecular formula is C14H11ClO2. The lowest BCUT2D eigenvalue weighted by atomic mass is 10.0. The van der Waals surface area contributed by atoms with E-state index in [0.717, 1.165) is 5.56 Å². The Morgan fingerprint density at radius 1 is 1.12 bits per heavy atom. The third-order valence-electron chi connectivity index (χ3n) is 2.52. The summed E-state index contributed by atoms with van der Waals surface area (Å²) in [5, 5.41) is 9.80. The first-order valence-electron chi connectivity index (χ1n) is 5.20. The van der Waals surface area contributed by atoms with Crippen LogP contribution >= 0.6 is 11.6 Å². The van der Waals surface area contributed by atoms with Crippen LogP contribution in [0.3, 0.4) is 0 Å². The third kappa shape index (κ3) is 2.48. The molecule has 0 aliphatic carbocycles. The van der Waals surface area contributed by atoms with E-state index in [2.05, 4.69) is 0 Å². The van der Waals surface area contributed by atoms with Gasteiger partial charge in [0.25, 0.3) is 0 Å². The van der Waals surface area contributed by atoms with Crippen LogP contribution in [-0.2, 0) is 0 Å². The average Bonchev–Trinajstić information content (AvgIpc) is 2.39. The molecule has 0 aromatic heterocycles. The predicted molar refractivity (Wildman–Crippen MR) is 68.6 cm³/mol. The Hall–Kier alpha value is -1.80. The molecule has 2 rings (SSSR count). The number of carbonyl (C=O) groups is 1. The van der Waals surface area contributed by atoms with Crippen LogP contribution in [0.2, 0.25) is 0 Å². The summed E-state index contributed by atoms with van der Waals surface area (Å²) in [5.74, 6) is -0.0508. The maximum absolute atomic E-state index is 11.5. The van der Waals surface area contributed by atoms with Crippen LogP contribution in [0.15, 0.2) is 48.5 Å². The van der Waals surface area contributed by atoms with Gasteiger partial charge in [0, 0.05) is 11.1 Å². The lowest BCUT2D eigenvalue weighted by Gasteiger charge is -2.06. The summed E-state index contributed by atoms with van der Waals surface area (Å²) < 4.78 is 0. The fourth-order valence-electron chi connectivity index (χ4n) is 1.64. The van der Waals surface area contributed by atoms with Crippen molar-refractivity contribution >= 4 is 17.4 Å². The molecule has 0 bridgehead atoms. The van der Waals surface area contributed by atoms with Gasteiger partial charge in [-0.05, 0) is 23.8 Å².